The number of aromatic amines is 1. The van der Waals surface area contributed by atoms with Gasteiger partial charge in [-0.25, -0.2) is 13.4 Å². The van der Waals surface area contributed by atoms with Crippen LogP contribution in [0.2, 0.25) is 0 Å². The first kappa shape index (κ1) is 21.5. The van der Waals surface area contributed by atoms with Gasteiger partial charge in [0.25, 0.3) is 0 Å². The number of ether oxygens (including phenoxy) is 1. The Morgan fingerprint density at radius 3 is 2.73 bits per heavy atom. The summed E-state index contributed by atoms with van der Waals surface area (Å²) in [5, 5.41) is 0.689. The number of fused-ring (bicyclic) bond motifs is 1. The molecule has 1 N–H and O–H groups in total. The van der Waals surface area contributed by atoms with Crippen LogP contribution in [0.15, 0.2) is 23.4 Å². The number of sulfone groups is 1. The number of carbonyl (C=O) groups is 1. The van der Waals surface area contributed by atoms with Gasteiger partial charge in [0.1, 0.15) is 5.75 Å². The topological polar surface area (TPSA) is 92.4 Å². The smallest absolute Gasteiger partial charge is 0.233 e. The van der Waals surface area contributed by atoms with Crippen LogP contribution in [0.5, 0.6) is 5.75 Å². The molecular formula is C21H29N3O4S2. The number of hydrogen-bond acceptors (Lipinski definition) is 6. The molecule has 0 spiro atoms. The normalized spacial score (nSPS) is 21.7. The Bertz CT molecular complexity index is 999. The molecule has 1 unspecified atom stereocenters. The quantitative estimate of drug-likeness (QED) is 0.649. The fourth-order valence-electron chi connectivity index (χ4n) is 4.55. The lowest BCUT2D eigenvalue weighted by molar-refractivity contribution is -0.133. The second kappa shape index (κ2) is 9.18. The van der Waals surface area contributed by atoms with Gasteiger partial charge < -0.3 is 14.6 Å². The lowest BCUT2D eigenvalue weighted by Crippen LogP contribution is -2.49. The predicted octanol–water partition coefficient (Wildman–Crippen LogP) is 3.40. The van der Waals surface area contributed by atoms with E-state index < -0.39 is 9.84 Å². The summed E-state index contributed by atoms with van der Waals surface area (Å²) in [5.74, 6) is 1.35. The molecule has 30 heavy (non-hydrogen) atoms. The molecule has 0 bridgehead atoms. The molecule has 1 saturated heterocycles. The lowest BCUT2D eigenvalue weighted by atomic mass is 9.93. The average Bonchev–Trinajstić information content (AvgIpc) is 3.29. The number of nitrogens with one attached hydrogen (secondary N) is 1. The minimum absolute atomic E-state index is 0.0180. The van der Waals surface area contributed by atoms with E-state index in [1.54, 1.807) is 0 Å². The van der Waals surface area contributed by atoms with E-state index in [1.807, 2.05) is 30.0 Å². The van der Waals surface area contributed by atoms with Gasteiger partial charge in [-0.05, 0) is 38.3 Å². The summed E-state index contributed by atoms with van der Waals surface area (Å²) < 4.78 is 29.6. The largest absolute Gasteiger partial charge is 0.494 e. The number of H-pyrrole nitrogens is 1. The molecule has 4 rings (SSSR count). The van der Waals surface area contributed by atoms with E-state index in [0.29, 0.717) is 18.2 Å². The van der Waals surface area contributed by atoms with Crippen molar-refractivity contribution in [1.29, 1.82) is 0 Å². The highest BCUT2D eigenvalue weighted by Crippen LogP contribution is 2.30. The molecule has 1 aliphatic carbocycles. The van der Waals surface area contributed by atoms with Gasteiger partial charge in [-0.2, -0.15) is 0 Å². The lowest BCUT2D eigenvalue weighted by Gasteiger charge is -2.38. The van der Waals surface area contributed by atoms with Crippen LogP contribution in [0.1, 0.15) is 45.4 Å². The van der Waals surface area contributed by atoms with E-state index in [1.165, 1.54) is 18.2 Å². The molecule has 1 amide bonds. The van der Waals surface area contributed by atoms with Crippen LogP contribution in [-0.4, -0.2) is 65.1 Å². The molecule has 164 valence electrons. The van der Waals surface area contributed by atoms with E-state index in [2.05, 4.69) is 9.97 Å². The summed E-state index contributed by atoms with van der Waals surface area (Å²) in [4.78, 5) is 22.9. The minimum Gasteiger partial charge on any atom is -0.494 e. The first-order valence-electron chi connectivity index (χ1n) is 10.7. The number of carbonyl (C=O) groups excluding carboxylic acids is 1. The van der Waals surface area contributed by atoms with Crippen molar-refractivity contribution in [2.24, 2.45) is 0 Å². The molecule has 2 heterocycles. The third kappa shape index (κ3) is 4.94. The minimum atomic E-state index is -3.04. The first-order chi connectivity index (χ1) is 14.4. The van der Waals surface area contributed by atoms with Crippen molar-refractivity contribution < 1.29 is 17.9 Å². The zero-order chi connectivity index (χ0) is 21.1. The fourth-order valence-corrected chi connectivity index (χ4v) is 7.02. The van der Waals surface area contributed by atoms with Gasteiger partial charge in [0.05, 0.1) is 34.9 Å². The van der Waals surface area contributed by atoms with Crippen LogP contribution < -0.4 is 4.74 Å². The number of thioether (sulfide) groups is 1. The molecule has 7 nitrogen and oxygen atoms in total. The number of rotatable bonds is 7. The number of aromatic nitrogens is 2. The zero-order valence-corrected chi connectivity index (χ0v) is 18.9. The van der Waals surface area contributed by atoms with Crippen molar-refractivity contribution >= 4 is 38.5 Å². The van der Waals surface area contributed by atoms with Crippen molar-refractivity contribution in [3.8, 4) is 5.75 Å². The van der Waals surface area contributed by atoms with Gasteiger partial charge in [-0.3, -0.25) is 4.79 Å². The number of amides is 1. The monoisotopic (exact) mass is 451 g/mol. The molecular weight excluding hydrogens is 422 g/mol. The van der Waals surface area contributed by atoms with Gasteiger partial charge in [0.15, 0.2) is 15.0 Å². The molecule has 1 atom stereocenters. The van der Waals surface area contributed by atoms with Crippen molar-refractivity contribution in [1.82, 2.24) is 14.9 Å². The summed E-state index contributed by atoms with van der Waals surface area (Å²) in [6.07, 6.45) is 5.90. The van der Waals surface area contributed by atoms with E-state index in [0.717, 1.165) is 42.5 Å². The molecule has 0 radical (unpaired) electrons. The van der Waals surface area contributed by atoms with Gasteiger partial charge in [0.2, 0.25) is 5.91 Å². The Balaban J connectivity index is 1.46. The van der Waals surface area contributed by atoms with Crippen molar-refractivity contribution in [3.63, 3.8) is 0 Å². The van der Waals surface area contributed by atoms with Crippen LogP contribution in [0.3, 0.4) is 0 Å². The van der Waals surface area contributed by atoms with E-state index in [4.69, 9.17) is 4.74 Å². The SMILES string of the molecule is CCOc1ccc2nc(SCC(=O)N(C3CCCCC3)C3CCS(=O)(=O)C3)[nH]c2c1. The molecule has 1 aromatic heterocycles. The second-order valence-electron chi connectivity index (χ2n) is 8.09. The predicted molar refractivity (Wildman–Crippen MR) is 119 cm³/mol. The highest BCUT2D eigenvalue weighted by Gasteiger charge is 2.38. The van der Waals surface area contributed by atoms with Crippen LogP contribution in [0.25, 0.3) is 11.0 Å². The highest BCUT2D eigenvalue weighted by molar-refractivity contribution is 7.99. The number of hydrogen-bond donors (Lipinski definition) is 1. The van der Waals surface area contributed by atoms with E-state index in [-0.39, 0.29) is 35.2 Å². The maximum Gasteiger partial charge on any atom is 0.233 e. The maximum absolute atomic E-state index is 13.2. The summed E-state index contributed by atoms with van der Waals surface area (Å²) in [7, 11) is -3.04. The highest BCUT2D eigenvalue weighted by atomic mass is 32.2. The van der Waals surface area contributed by atoms with Gasteiger partial charge in [0, 0.05) is 18.2 Å². The molecule has 2 aliphatic rings. The fraction of sp³-hybridized carbons (Fsp3) is 0.619. The number of imidazole rings is 1. The maximum atomic E-state index is 13.2. The molecule has 2 aromatic rings. The van der Waals surface area contributed by atoms with Gasteiger partial charge >= 0.3 is 0 Å². The first-order valence-corrected chi connectivity index (χ1v) is 13.5. The van der Waals surface area contributed by atoms with Crippen molar-refractivity contribution in [2.45, 2.75) is 62.7 Å². The summed E-state index contributed by atoms with van der Waals surface area (Å²) in [6, 6.07) is 5.68. The Morgan fingerprint density at radius 2 is 2.03 bits per heavy atom. The summed E-state index contributed by atoms with van der Waals surface area (Å²) in [6.45, 7) is 2.54. The van der Waals surface area contributed by atoms with Crippen LogP contribution in [0, 0.1) is 0 Å². The number of nitrogens with zero attached hydrogens (tertiary/aromatic N) is 2. The van der Waals surface area contributed by atoms with Crippen LogP contribution >= 0.6 is 11.8 Å². The van der Waals surface area contributed by atoms with Gasteiger partial charge in [-0.15, -0.1) is 0 Å². The molecule has 1 aromatic carbocycles. The summed E-state index contributed by atoms with van der Waals surface area (Å²) >= 11 is 1.38. The third-order valence-electron chi connectivity index (χ3n) is 5.93. The summed E-state index contributed by atoms with van der Waals surface area (Å²) in [5.41, 5.74) is 1.71. The number of benzene rings is 1. The Hall–Kier alpha value is -1.74. The van der Waals surface area contributed by atoms with E-state index in [9.17, 15) is 13.2 Å². The molecule has 1 aliphatic heterocycles. The van der Waals surface area contributed by atoms with Crippen molar-refractivity contribution in [2.75, 3.05) is 23.9 Å². The molecule has 2 fully saturated rings. The van der Waals surface area contributed by atoms with E-state index >= 15 is 0 Å². The Morgan fingerprint density at radius 1 is 1.23 bits per heavy atom. The standard InChI is InChI=1S/C21H29N3O4S2/c1-2-28-17-8-9-18-19(12-17)23-21(22-18)29-13-20(25)24(15-6-4-3-5-7-15)16-10-11-30(26,27)14-16/h8-9,12,15-16H,2-7,10-11,13-14H2,1H3,(H,22,23). The van der Waals surface area contributed by atoms with Crippen LogP contribution in [-0.2, 0) is 14.6 Å². The second-order valence-corrected chi connectivity index (χ2v) is 11.3. The Labute approximate surface area is 181 Å². The van der Waals surface area contributed by atoms with Gasteiger partial charge in [-0.1, -0.05) is 31.0 Å². The van der Waals surface area contributed by atoms with Crippen molar-refractivity contribution in [3.05, 3.63) is 18.2 Å². The molecule has 9 heteroatoms. The average molecular weight is 452 g/mol. The zero-order valence-electron chi connectivity index (χ0n) is 17.3. The third-order valence-corrected chi connectivity index (χ3v) is 8.54. The molecule has 1 saturated carbocycles. The van der Waals surface area contributed by atoms with Crippen LogP contribution in [0.4, 0.5) is 0 Å². The Kier molecular flexibility index (Phi) is 6.57.